The molecule has 0 aromatic carbocycles. The summed E-state index contributed by atoms with van der Waals surface area (Å²) in [5.74, 6) is 0.386. The normalized spacial score (nSPS) is 10.8. The average Bonchev–Trinajstić information content (AvgIpc) is 2.70. The van der Waals surface area contributed by atoms with Gasteiger partial charge in [-0.2, -0.15) is 20.1 Å². The summed E-state index contributed by atoms with van der Waals surface area (Å²) in [4.78, 5) is 12.3. The van der Waals surface area contributed by atoms with Gasteiger partial charge in [0.1, 0.15) is 0 Å². The van der Waals surface area contributed by atoms with Gasteiger partial charge in [0.15, 0.2) is 0 Å². The second kappa shape index (κ2) is 6.17. The highest BCUT2D eigenvalue weighted by molar-refractivity contribution is 6.28. The van der Waals surface area contributed by atoms with Gasteiger partial charge >= 0.3 is 6.01 Å². The zero-order chi connectivity index (χ0) is 14.7. The van der Waals surface area contributed by atoms with Gasteiger partial charge in [-0.05, 0) is 43.9 Å². The standard InChI is InChI=1S/C13H18ClN5O/c1-5-7-20-13-16-11(14)15-12(17-13)19-9(4)10(6-2)8(3)18-19/h5-7H2,1-4H3. The van der Waals surface area contributed by atoms with E-state index in [1.54, 1.807) is 4.68 Å². The first-order valence-electron chi connectivity index (χ1n) is 6.66. The minimum absolute atomic E-state index is 0.103. The Morgan fingerprint density at radius 2 is 1.90 bits per heavy atom. The molecule has 0 aliphatic rings. The summed E-state index contributed by atoms with van der Waals surface area (Å²) < 4.78 is 7.09. The SMILES string of the molecule is CCCOc1nc(Cl)nc(-n2nc(C)c(CC)c2C)n1. The van der Waals surface area contributed by atoms with E-state index >= 15 is 0 Å². The van der Waals surface area contributed by atoms with Crippen LogP contribution in [0.25, 0.3) is 5.95 Å². The predicted octanol–water partition coefficient (Wildman–Crippen LogP) is 2.68. The first-order chi connectivity index (χ1) is 9.56. The van der Waals surface area contributed by atoms with Crippen molar-refractivity contribution in [2.45, 2.75) is 40.5 Å². The Morgan fingerprint density at radius 3 is 2.50 bits per heavy atom. The van der Waals surface area contributed by atoms with E-state index in [1.165, 1.54) is 5.56 Å². The van der Waals surface area contributed by atoms with Crippen LogP contribution in [0.3, 0.4) is 0 Å². The second-order valence-electron chi connectivity index (χ2n) is 4.45. The molecule has 108 valence electrons. The summed E-state index contributed by atoms with van der Waals surface area (Å²) >= 11 is 5.93. The van der Waals surface area contributed by atoms with Crippen LogP contribution in [0.15, 0.2) is 0 Å². The van der Waals surface area contributed by atoms with E-state index in [9.17, 15) is 0 Å². The summed E-state index contributed by atoms with van der Waals surface area (Å²) in [5, 5.41) is 4.57. The van der Waals surface area contributed by atoms with Crippen molar-refractivity contribution >= 4 is 11.6 Å². The molecule has 2 aromatic heterocycles. The van der Waals surface area contributed by atoms with E-state index in [0.29, 0.717) is 12.6 Å². The van der Waals surface area contributed by atoms with Crippen LogP contribution in [0, 0.1) is 13.8 Å². The van der Waals surface area contributed by atoms with E-state index in [2.05, 4.69) is 27.0 Å². The van der Waals surface area contributed by atoms with Gasteiger partial charge in [-0.3, -0.25) is 0 Å². The number of aryl methyl sites for hydroxylation is 1. The van der Waals surface area contributed by atoms with Crippen molar-refractivity contribution in [2.24, 2.45) is 0 Å². The van der Waals surface area contributed by atoms with Crippen LogP contribution in [-0.2, 0) is 6.42 Å². The number of halogens is 1. The van der Waals surface area contributed by atoms with Crippen molar-refractivity contribution in [3.63, 3.8) is 0 Å². The molecule has 0 amide bonds. The predicted molar refractivity (Wildman–Crippen MR) is 76.6 cm³/mol. The first-order valence-corrected chi connectivity index (χ1v) is 7.04. The van der Waals surface area contributed by atoms with E-state index in [-0.39, 0.29) is 11.3 Å². The molecule has 6 nitrogen and oxygen atoms in total. The summed E-state index contributed by atoms with van der Waals surface area (Å²) in [6, 6.07) is 0.229. The van der Waals surface area contributed by atoms with Crippen LogP contribution < -0.4 is 4.74 Å². The highest BCUT2D eigenvalue weighted by atomic mass is 35.5. The Bertz CT molecular complexity index is 611. The van der Waals surface area contributed by atoms with Gasteiger partial charge in [0.25, 0.3) is 5.95 Å². The van der Waals surface area contributed by atoms with Crippen LogP contribution in [0.1, 0.15) is 37.2 Å². The molecule has 2 aromatic rings. The summed E-state index contributed by atoms with van der Waals surface area (Å²) in [5.41, 5.74) is 3.17. The second-order valence-corrected chi connectivity index (χ2v) is 4.79. The van der Waals surface area contributed by atoms with Gasteiger partial charge in [-0.15, -0.1) is 0 Å². The Balaban J connectivity index is 2.44. The average molecular weight is 296 g/mol. The molecular formula is C13H18ClN5O. The van der Waals surface area contributed by atoms with Crippen LogP contribution in [0.5, 0.6) is 6.01 Å². The van der Waals surface area contributed by atoms with Crippen molar-refractivity contribution in [3.8, 4) is 12.0 Å². The maximum atomic E-state index is 5.93. The number of nitrogens with zero attached hydrogens (tertiary/aromatic N) is 5. The fourth-order valence-electron chi connectivity index (χ4n) is 2.06. The lowest BCUT2D eigenvalue weighted by Gasteiger charge is -2.06. The van der Waals surface area contributed by atoms with Gasteiger partial charge < -0.3 is 4.74 Å². The molecule has 0 saturated carbocycles. The molecule has 0 radical (unpaired) electrons. The zero-order valence-electron chi connectivity index (χ0n) is 12.1. The van der Waals surface area contributed by atoms with Gasteiger partial charge in [-0.25, -0.2) is 4.68 Å². The third-order valence-corrected chi connectivity index (χ3v) is 3.16. The van der Waals surface area contributed by atoms with E-state index < -0.39 is 0 Å². The smallest absolute Gasteiger partial charge is 0.322 e. The minimum Gasteiger partial charge on any atom is -0.463 e. The van der Waals surface area contributed by atoms with Crippen LogP contribution >= 0.6 is 11.6 Å². The molecule has 0 atom stereocenters. The quantitative estimate of drug-likeness (QED) is 0.848. The Labute approximate surface area is 123 Å². The van der Waals surface area contributed by atoms with Crippen LogP contribution in [-0.4, -0.2) is 31.3 Å². The zero-order valence-corrected chi connectivity index (χ0v) is 12.9. The molecule has 0 saturated heterocycles. The van der Waals surface area contributed by atoms with Gasteiger partial charge in [0.05, 0.1) is 12.3 Å². The number of hydrogen-bond donors (Lipinski definition) is 0. The number of aromatic nitrogens is 5. The van der Waals surface area contributed by atoms with Crippen molar-refractivity contribution in [1.82, 2.24) is 24.7 Å². The Morgan fingerprint density at radius 1 is 1.15 bits per heavy atom. The van der Waals surface area contributed by atoms with Gasteiger partial charge in [0, 0.05) is 5.69 Å². The molecular weight excluding hydrogens is 278 g/mol. The molecule has 0 spiro atoms. The third-order valence-electron chi connectivity index (χ3n) is 3.00. The van der Waals surface area contributed by atoms with Gasteiger partial charge in [0.2, 0.25) is 5.28 Å². The van der Waals surface area contributed by atoms with Crippen molar-refractivity contribution < 1.29 is 4.74 Å². The fourth-order valence-corrected chi connectivity index (χ4v) is 2.20. The molecule has 0 bridgehead atoms. The molecule has 0 N–H and O–H groups in total. The highest BCUT2D eigenvalue weighted by Gasteiger charge is 2.15. The third kappa shape index (κ3) is 2.90. The molecule has 0 unspecified atom stereocenters. The van der Waals surface area contributed by atoms with E-state index in [1.807, 2.05) is 20.8 Å². The fraction of sp³-hybridized carbons (Fsp3) is 0.538. The number of rotatable bonds is 5. The topological polar surface area (TPSA) is 65.7 Å². The van der Waals surface area contributed by atoms with E-state index in [0.717, 1.165) is 24.2 Å². The Hall–Kier alpha value is -1.69. The molecule has 0 aliphatic heterocycles. The van der Waals surface area contributed by atoms with Crippen molar-refractivity contribution in [1.29, 1.82) is 0 Å². The van der Waals surface area contributed by atoms with Gasteiger partial charge in [-0.1, -0.05) is 13.8 Å². The first kappa shape index (κ1) is 14.7. The lowest BCUT2D eigenvalue weighted by Crippen LogP contribution is -2.09. The summed E-state index contributed by atoms with van der Waals surface area (Å²) in [6.45, 7) is 8.61. The Kier molecular flexibility index (Phi) is 4.54. The molecule has 7 heteroatoms. The maximum absolute atomic E-state index is 5.93. The van der Waals surface area contributed by atoms with E-state index in [4.69, 9.17) is 16.3 Å². The lowest BCUT2D eigenvalue weighted by molar-refractivity contribution is 0.290. The number of hydrogen-bond acceptors (Lipinski definition) is 5. The summed E-state index contributed by atoms with van der Waals surface area (Å²) in [6.07, 6.45) is 1.79. The summed E-state index contributed by atoms with van der Waals surface area (Å²) in [7, 11) is 0. The molecule has 2 heterocycles. The molecule has 20 heavy (non-hydrogen) atoms. The lowest BCUT2D eigenvalue weighted by atomic mass is 10.1. The largest absolute Gasteiger partial charge is 0.463 e. The van der Waals surface area contributed by atoms with Crippen LogP contribution in [0.4, 0.5) is 0 Å². The van der Waals surface area contributed by atoms with Crippen LogP contribution in [0.2, 0.25) is 5.28 Å². The molecule has 2 rings (SSSR count). The van der Waals surface area contributed by atoms with Crippen molar-refractivity contribution in [2.75, 3.05) is 6.61 Å². The highest BCUT2D eigenvalue weighted by Crippen LogP contribution is 2.18. The molecule has 0 aliphatic carbocycles. The maximum Gasteiger partial charge on any atom is 0.322 e. The van der Waals surface area contributed by atoms with Crippen molar-refractivity contribution in [3.05, 3.63) is 22.2 Å². The monoisotopic (exact) mass is 295 g/mol. The minimum atomic E-state index is 0.103. The number of ether oxygens (including phenoxy) is 1. The molecule has 0 fully saturated rings.